The first-order valence-electron chi connectivity index (χ1n) is 5.63. The first-order chi connectivity index (χ1) is 8.53. The van der Waals surface area contributed by atoms with Crippen molar-refractivity contribution >= 4 is 17.7 Å². The van der Waals surface area contributed by atoms with Crippen LogP contribution in [0.3, 0.4) is 0 Å². The maximum absolute atomic E-state index is 11.8. The number of thioether (sulfide) groups is 1. The SMILES string of the molecule is CC1(n2c(SCC(=O)O)n[nH]c2=O)CCCOC1. The Kier molecular flexibility index (Phi) is 3.76. The molecule has 18 heavy (non-hydrogen) atoms. The van der Waals surface area contributed by atoms with Crippen LogP contribution >= 0.6 is 11.8 Å². The fourth-order valence-electron chi connectivity index (χ4n) is 2.08. The van der Waals surface area contributed by atoms with Crippen molar-refractivity contribution < 1.29 is 14.6 Å². The lowest BCUT2D eigenvalue weighted by Gasteiger charge is -2.34. The van der Waals surface area contributed by atoms with Gasteiger partial charge < -0.3 is 9.84 Å². The van der Waals surface area contributed by atoms with Gasteiger partial charge in [-0.25, -0.2) is 9.89 Å². The number of carbonyl (C=O) groups is 1. The van der Waals surface area contributed by atoms with E-state index in [0.717, 1.165) is 24.6 Å². The number of aliphatic carboxylic acids is 1. The molecule has 1 atom stereocenters. The average Bonchev–Trinajstić information content (AvgIpc) is 2.69. The Bertz CT molecular complexity index is 490. The lowest BCUT2D eigenvalue weighted by molar-refractivity contribution is -0.133. The van der Waals surface area contributed by atoms with Crippen molar-refractivity contribution in [2.24, 2.45) is 0 Å². The Hall–Kier alpha value is -1.28. The molecule has 1 unspecified atom stereocenters. The van der Waals surface area contributed by atoms with E-state index in [0.29, 0.717) is 18.4 Å². The summed E-state index contributed by atoms with van der Waals surface area (Å²) < 4.78 is 6.93. The molecule has 1 aromatic rings. The van der Waals surface area contributed by atoms with E-state index in [4.69, 9.17) is 9.84 Å². The number of aromatic amines is 1. The highest BCUT2D eigenvalue weighted by molar-refractivity contribution is 7.99. The summed E-state index contributed by atoms with van der Waals surface area (Å²) in [6, 6.07) is 0. The van der Waals surface area contributed by atoms with Crippen LogP contribution < -0.4 is 5.69 Å². The normalized spacial score (nSPS) is 24.1. The Morgan fingerprint density at radius 2 is 2.50 bits per heavy atom. The third kappa shape index (κ3) is 2.59. The molecular formula is C10H15N3O4S. The number of hydrogen-bond acceptors (Lipinski definition) is 5. The molecule has 1 aliphatic heterocycles. The van der Waals surface area contributed by atoms with Gasteiger partial charge in [-0.15, -0.1) is 5.10 Å². The van der Waals surface area contributed by atoms with E-state index in [2.05, 4.69) is 10.2 Å². The fraction of sp³-hybridized carbons (Fsp3) is 0.700. The molecule has 0 radical (unpaired) electrons. The molecule has 2 rings (SSSR count). The molecule has 0 spiro atoms. The lowest BCUT2D eigenvalue weighted by Crippen LogP contribution is -2.44. The van der Waals surface area contributed by atoms with Gasteiger partial charge in [-0.05, 0) is 19.8 Å². The molecule has 1 saturated heterocycles. The fourth-order valence-corrected chi connectivity index (χ4v) is 2.87. The van der Waals surface area contributed by atoms with Crippen LogP contribution in [0.25, 0.3) is 0 Å². The number of hydrogen-bond donors (Lipinski definition) is 2. The van der Waals surface area contributed by atoms with Crippen LogP contribution in [0, 0.1) is 0 Å². The van der Waals surface area contributed by atoms with Crippen molar-refractivity contribution in [1.29, 1.82) is 0 Å². The second-order valence-electron chi connectivity index (χ2n) is 4.48. The number of rotatable bonds is 4. The molecule has 1 fully saturated rings. The van der Waals surface area contributed by atoms with Crippen molar-refractivity contribution in [3.05, 3.63) is 10.5 Å². The van der Waals surface area contributed by atoms with Crippen molar-refractivity contribution in [3.63, 3.8) is 0 Å². The molecule has 0 amide bonds. The number of carboxylic acid groups (broad SMARTS) is 1. The monoisotopic (exact) mass is 273 g/mol. The summed E-state index contributed by atoms with van der Waals surface area (Å²) in [5.74, 6) is -1.06. The van der Waals surface area contributed by atoms with Gasteiger partial charge in [0.25, 0.3) is 0 Å². The second-order valence-corrected chi connectivity index (χ2v) is 5.42. The average molecular weight is 273 g/mol. The summed E-state index contributed by atoms with van der Waals surface area (Å²) in [6.45, 7) is 3.06. The highest BCUT2D eigenvalue weighted by atomic mass is 32.2. The molecule has 2 N–H and O–H groups in total. The van der Waals surface area contributed by atoms with Crippen molar-refractivity contribution in [1.82, 2.24) is 14.8 Å². The molecule has 1 aromatic heterocycles. The van der Waals surface area contributed by atoms with Crippen molar-refractivity contribution in [2.75, 3.05) is 19.0 Å². The van der Waals surface area contributed by atoms with Gasteiger partial charge in [0.1, 0.15) is 0 Å². The molecule has 1 aliphatic rings. The summed E-state index contributed by atoms with van der Waals surface area (Å²) in [7, 11) is 0. The minimum absolute atomic E-state index is 0.124. The van der Waals surface area contributed by atoms with E-state index in [1.807, 2.05) is 6.92 Å². The molecule has 0 aromatic carbocycles. The topological polar surface area (TPSA) is 97.2 Å². The zero-order valence-electron chi connectivity index (χ0n) is 10.0. The molecule has 100 valence electrons. The van der Waals surface area contributed by atoms with Crippen molar-refractivity contribution in [2.45, 2.75) is 30.5 Å². The van der Waals surface area contributed by atoms with Gasteiger partial charge in [-0.1, -0.05) is 11.8 Å². The molecule has 2 heterocycles. The Labute approximate surface area is 108 Å². The van der Waals surface area contributed by atoms with Crippen LogP contribution in [0.5, 0.6) is 0 Å². The van der Waals surface area contributed by atoms with Gasteiger partial charge in [-0.2, -0.15) is 0 Å². The number of nitrogens with zero attached hydrogens (tertiary/aromatic N) is 2. The van der Waals surface area contributed by atoms with Crippen LogP contribution in [-0.2, 0) is 15.1 Å². The third-order valence-electron chi connectivity index (χ3n) is 2.92. The second kappa shape index (κ2) is 5.15. The predicted molar refractivity (Wildman–Crippen MR) is 64.9 cm³/mol. The Morgan fingerprint density at radius 3 is 3.11 bits per heavy atom. The highest BCUT2D eigenvalue weighted by Gasteiger charge is 2.33. The van der Waals surface area contributed by atoms with Crippen molar-refractivity contribution in [3.8, 4) is 0 Å². The first kappa shape index (κ1) is 13.2. The molecule has 0 saturated carbocycles. The van der Waals surface area contributed by atoms with Crippen LogP contribution in [0.1, 0.15) is 19.8 Å². The standard InChI is InChI=1S/C10H15N3O4S/c1-10(3-2-4-17-6-10)13-8(16)11-12-9(13)18-5-7(14)15/h2-6H2,1H3,(H,11,16)(H,14,15). The number of ether oxygens (including phenoxy) is 1. The maximum atomic E-state index is 11.8. The predicted octanol–water partition coefficient (Wildman–Crippen LogP) is 0.274. The third-order valence-corrected chi connectivity index (χ3v) is 3.85. The number of nitrogens with one attached hydrogen (secondary N) is 1. The quantitative estimate of drug-likeness (QED) is 0.764. The number of aromatic nitrogens is 3. The molecule has 7 nitrogen and oxygen atoms in total. The molecular weight excluding hydrogens is 258 g/mol. The van der Waals surface area contributed by atoms with E-state index in [1.54, 1.807) is 0 Å². The molecule has 0 bridgehead atoms. The highest BCUT2D eigenvalue weighted by Crippen LogP contribution is 2.29. The molecule has 8 heteroatoms. The summed E-state index contributed by atoms with van der Waals surface area (Å²) >= 11 is 1.03. The number of carboxylic acids is 1. The zero-order chi connectivity index (χ0) is 13.2. The van der Waals surface area contributed by atoms with Crippen LogP contribution in [0.4, 0.5) is 0 Å². The van der Waals surface area contributed by atoms with Gasteiger partial charge in [0, 0.05) is 6.61 Å². The summed E-state index contributed by atoms with van der Waals surface area (Å²) in [4.78, 5) is 22.4. The Morgan fingerprint density at radius 1 is 1.72 bits per heavy atom. The van der Waals surface area contributed by atoms with Gasteiger partial charge in [0.2, 0.25) is 0 Å². The summed E-state index contributed by atoms with van der Waals surface area (Å²) in [5, 5.41) is 15.3. The minimum Gasteiger partial charge on any atom is -0.481 e. The van der Waals surface area contributed by atoms with Gasteiger partial charge >= 0.3 is 11.7 Å². The van der Waals surface area contributed by atoms with E-state index in [9.17, 15) is 9.59 Å². The first-order valence-corrected chi connectivity index (χ1v) is 6.62. The van der Waals surface area contributed by atoms with E-state index >= 15 is 0 Å². The smallest absolute Gasteiger partial charge is 0.344 e. The minimum atomic E-state index is -0.938. The zero-order valence-corrected chi connectivity index (χ0v) is 10.8. The number of H-pyrrole nitrogens is 1. The summed E-state index contributed by atoms with van der Waals surface area (Å²) in [6.07, 6.45) is 1.68. The summed E-state index contributed by atoms with van der Waals surface area (Å²) in [5.41, 5.74) is -0.778. The lowest BCUT2D eigenvalue weighted by atomic mass is 9.95. The maximum Gasteiger partial charge on any atom is 0.344 e. The van der Waals surface area contributed by atoms with Crippen LogP contribution in [0.2, 0.25) is 0 Å². The van der Waals surface area contributed by atoms with Gasteiger partial charge in [0.05, 0.1) is 17.9 Å². The van der Waals surface area contributed by atoms with E-state index < -0.39 is 11.5 Å². The largest absolute Gasteiger partial charge is 0.481 e. The molecule has 0 aliphatic carbocycles. The van der Waals surface area contributed by atoms with E-state index in [1.165, 1.54) is 4.57 Å². The van der Waals surface area contributed by atoms with E-state index in [-0.39, 0.29) is 11.4 Å². The van der Waals surface area contributed by atoms with Crippen LogP contribution in [-0.4, -0.2) is 44.8 Å². The van der Waals surface area contributed by atoms with Gasteiger partial charge in [-0.3, -0.25) is 9.36 Å². The Balaban J connectivity index is 2.28. The van der Waals surface area contributed by atoms with Gasteiger partial charge in [0.15, 0.2) is 5.16 Å². The van der Waals surface area contributed by atoms with Crippen LogP contribution in [0.15, 0.2) is 9.95 Å².